The van der Waals surface area contributed by atoms with Crippen LogP contribution in [-0.4, -0.2) is 29.2 Å². The molecule has 0 N–H and O–H groups in total. The topological polar surface area (TPSA) is 39.9 Å². The Morgan fingerprint density at radius 2 is 1.95 bits per heavy atom. The van der Waals surface area contributed by atoms with Gasteiger partial charge in [-0.15, -0.1) is 0 Å². The summed E-state index contributed by atoms with van der Waals surface area (Å²) in [6.07, 6.45) is 1.51. The number of hydrogen-bond acceptors (Lipinski definition) is 3. The molecule has 0 atom stereocenters. The van der Waals surface area contributed by atoms with Crippen molar-refractivity contribution in [1.29, 1.82) is 0 Å². The van der Waals surface area contributed by atoms with E-state index in [4.69, 9.17) is 16.3 Å². The summed E-state index contributed by atoms with van der Waals surface area (Å²) in [6, 6.07) is 1.16. The van der Waals surface area contributed by atoms with Crippen LogP contribution in [0.1, 0.15) is 11.3 Å². The Morgan fingerprint density at radius 3 is 2.60 bits per heavy atom. The van der Waals surface area contributed by atoms with Gasteiger partial charge in [0, 0.05) is 20.4 Å². The van der Waals surface area contributed by atoms with Crippen molar-refractivity contribution in [3.63, 3.8) is 0 Å². The van der Waals surface area contributed by atoms with Gasteiger partial charge in [0.1, 0.15) is 18.6 Å². The maximum atomic E-state index is 6.21. The van der Waals surface area contributed by atoms with Crippen LogP contribution in [0.25, 0.3) is 11.0 Å². The van der Waals surface area contributed by atoms with Crippen LogP contribution in [0.5, 0.6) is 0 Å². The van der Waals surface area contributed by atoms with E-state index in [-0.39, 0.29) is 0 Å². The highest BCUT2D eigenvalue weighted by Gasteiger charge is 2.16. The van der Waals surface area contributed by atoms with E-state index in [1.807, 2.05) is 0 Å². The lowest BCUT2D eigenvalue weighted by Gasteiger charge is -2.16. The van der Waals surface area contributed by atoms with Crippen LogP contribution in [0.3, 0.4) is 0 Å². The Morgan fingerprint density at radius 1 is 1.25 bits per heavy atom. The zero-order valence-corrected chi connectivity index (χ0v) is 14.6. The summed E-state index contributed by atoms with van der Waals surface area (Å²) in [5.41, 5.74) is 4.06. The van der Waals surface area contributed by atoms with E-state index in [0.29, 0.717) is 11.9 Å². The summed E-state index contributed by atoms with van der Waals surface area (Å²) in [7, 11) is -1.05. The number of ether oxygens (including phenoxy) is 1. The van der Waals surface area contributed by atoms with Gasteiger partial charge in [-0.1, -0.05) is 31.2 Å². The van der Waals surface area contributed by atoms with Gasteiger partial charge in [0.05, 0.1) is 5.52 Å². The third kappa shape index (κ3) is 3.21. The van der Waals surface area contributed by atoms with E-state index in [2.05, 4.69) is 48.0 Å². The number of halogens is 1. The van der Waals surface area contributed by atoms with Gasteiger partial charge in [-0.3, -0.25) is 0 Å². The maximum Gasteiger partial charge on any atom is 0.156 e. The van der Waals surface area contributed by atoms with Crippen molar-refractivity contribution in [3.8, 4) is 0 Å². The molecule has 4 nitrogen and oxygen atoms in total. The van der Waals surface area contributed by atoms with Crippen LogP contribution >= 0.6 is 11.6 Å². The summed E-state index contributed by atoms with van der Waals surface area (Å²) >= 11 is 6.21. The average Bonchev–Trinajstić information content (AvgIpc) is 2.60. The molecular weight excluding hydrogens is 290 g/mol. The standard InChI is InChI=1S/C14H22ClN3OSi/c1-10-11(2)18(9-19-6-7-20(3,4)5)13-12(10)16-8-17-14(13)15/h8H,6-7,9H2,1-5H3. The molecule has 2 rings (SSSR count). The minimum absolute atomic E-state index is 0.486. The first-order chi connectivity index (χ1) is 9.31. The smallest absolute Gasteiger partial charge is 0.156 e. The fourth-order valence-electron chi connectivity index (χ4n) is 2.11. The highest BCUT2D eigenvalue weighted by molar-refractivity contribution is 6.76. The lowest BCUT2D eigenvalue weighted by Crippen LogP contribution is -2.22. The molecule has 0 radical (unpaired) electrons. The molecule has 0 aliphatic carbocycles. The summed E-state index contributed by atoms with van der Waals surface area (Å²) in [5, 5.41) is 0.486. The fraction of sp³-hybridized carbons (Fsp3) is 0.571. The van der Waals surface area contributed by atoms with Gasteiger partial charge in [0.2, 0.25) is 0 Å². The van der Waals surface area contributed by atoms with Crippen LogP contribution in [0.4, 0.5) is 0 Å². The van der Waals surface area contributed by atoms with Crippen molar-refractivity contribution < 1.29 is 4.74 Å². The quantitative estimate of drug-likeness (QED) is 0.476. The zero-order valence-electron chi connectivity index (χ0n) is 12.8. The van der Waals surface area contributed by atoms with Crippen molar-refractivity contribution in [2.24, 2.45) is 0 Å². The Hall–Kier alpha value is -0.913. The Labute approximate surface area is 126 Å². The van der Waals surface area contributed by atoms with Crippen LogP contribution in [0.15, 0.2) is 6.33 Å². The maximum absolute atomic E-state index is 6.21. The summed E-state index contributed by atoms with van der Waals surface area (Å²) in [5.74, 6) is 0. The van der Waals surface area contributed by atoms with Crippen molar-refractivity contribution >= 4 is 30.7 Å². The largest absolute Gasteiger partial charge is 0.361 e. The van der Waals surface area contributed by atoms with E-state index in [9.17, 15) is 0 Å². The van der Waals surface area contributed by atoms with Gasteiger partial charge in [0.25, 0.3) is 0 Å². The van der Waals surface area contributed by atoms with Crippen LogP contribution in [0, 0.1) is 13.8 Å². The number of aromatic nitrogens is 3. The first-order valence-electron chi connectivity index (χ1n) is 6.85. The van der Waals surface area contributed by atoms with E-state index < -0.39 is 8.07 Å². The minimum Gasteiger partial charge on any atom is -0.361 e. The second-order valence-electron chi connectivity index (χ2n) is 6.35. The third-order valence-corrected chi connectivity index (χ3v) is 5.55. The fourth-order valence-corrected chi connectivity index (χ4v) is 3.10. The number of hydrogen-bond donors (Lipinski definition) is 0. The highest BCUT2D eigenvalue weighted by Crippen LogP contribution is 2.27. The van der Waals surface area contributed by atoms with Gasteiger partial charge in [-0.2, -0.15) is 0 Å². The van der Waals surface area contributed by atoms with E-state index in [0.717, 1.165) is 34.9 Å². The molecule has 0 aliphatic rings. The van der Waals surface area contributed by atoms with Crippen molar-refractivity contribution in [1.82, 2.24) is 14.5 Å². The molecule has 0 aromatic carbocycles. The summed E-state index contributed by atoms with van der Waals surface area (Å²) in [6.45, 7) is 12.5. The molecule has 2 aromatic rings. The van der Waals surface area contributed by atoms with Gasteiger partial charge < -0.3 is 9.30 Å². The monoisotopic (exact) mass is 311 g/mol. The van der Waals surface area contributed by atoms with Crippen LogP contribution in [-0.2, 0) is 11.5 Å². The van der Waals surface area contributed by atoms with E-state index in [1.54, 1.807) is 0 Å². The lowest BCUT2D eigenvalue weighted by atomic mass is 10.2. The summed E-state index contributed by atoms with van der Waals surface area (Å²) < 4.78 is 7.90. The molecule has 2 heterocycles. The number of nitrogens with zero attached hydrogens (tertiary/aromatic N) is 3. The number of fused-ring (bicyclic) bond motifs is 1. The molecule has 20 heavy (non-hydrogen) atoms. The first-order valence-corrected chi connectivity index (χ1v) is 10.9. The zero-order chi connectivity index (χ0) is 14.9. The Kier molecular flexibility index (Phi) is 4.51. The Bertz CT molecular complexity index is 619. The lowest BCUT2D eigenvalue weighted by molar-refractivity contribution is 0.0889. The molecule has 0 saturated carbocycles. The molecule has 110 valence electrons. The highest BCUT2D eigenvalue weighted by atomic mass is 35.5. The molecule has 0 bridgehead atoms. The molecule has 0 fully saturated rings. The predicted molar refractivity (Wildman–Crippen MR) is 86.1 cm³/mol. The van der Waals surface area contributed by atoms with Gasteiger partial charge >= 0.3 is 0 Å². The predicted octanol–water partition coefficient (Wildman–Crippen LogP) is 4.01. The molecule has 2 aromatic heterocycles. The van der Waals surface area contributed by atoms with E-state index >= 15 is 0 Å². The van der Waals surface area contributed by atoms with Crippen molar-refractivity contribution in [2.45, 2.75) is 46.3 Å². The molecule has 0 amide bonds. The molecule has 0 spiro atoms. The van der Waals surface area contributed by atoms with E-state index in [1.165, 1.54) is 6.33 Å². The Balaban J connectivity index is 2.20. The minimum atomic E-state index is -1.05. The van der Waals surface area contributed by atoms with Crippen LogP contribution < -0.4 is 0 Å². The first kappa shape index (κ1) is 15.5. The van der Waals surface area contributed by atoms with Crippen molar-refractivity contribution in [2.75, 3.05) is 6.61 Å². The van der Waals surface area contributed by atoms with Gasteiger partial charge in [-0.05, 0) is 25.5 Å². The average molecular weight is 312 g/mol. The summed E-state index contributed by atoms with van der Waals surface area (Å²) in [4.78, 5) is 8.40. The molecule has 0 saturated heterocycles. The SMILES string of the molecule is Cc1c(C)n(COCC[Si](C)(C)C)c2c(Cl)ncnc12. The molecule has 6 heteroatoms. The van der Waals surface area contributed by atoms with Crippen LogP contribution in [0.2, 0.25) is 30.8 Å². The second kappa shape index (κ2) is 5.83. The van der Waals surface area contributed by atoms with Gasteiger partial charge in [0.15, 0.2) is 5.15 Å². The number of rotatable bonds is 5. The molecule has 0 unspecified atom stereocenters. The van der Waals surface area contributed by atoms with Gasteiger partial charge in [-0.25, -0.2) is 9.97 Å². The molecular formula is C14H22ClN3OSi. The second-order valence-corrected chi connectivity index (χ2v) is 12.3. The normalized spacial score (nSPS) is 12.3. The van der Waals surface area contributed by atoms with Crippen molar-refractivity contribution in [3.05, 3.63) is 22.7 Å². The third-order valence-electron chi connectivity index (χ3n) is 3.57. The molecule has 0 aliphatic heterocycles. The number of aryl methyl sites for hydroxylation is 1.